The monoisotopic (exact) mass is 354 g/mol. The van der Waals surface area contributed by atoms with Gasteiger partial charge in [0.25, 0.3) is 0 Å². The number of nitrogens with one attached hydrogen (secondary N) is 1. The van der Waals surface area contributed by atoms with Gasteiger partial charge in [0.15, 0.2) is 4.47 Å². The number of halogens is 4. The molecule has 0 aliphatic rings. The Balaban J connectivity index is 2.09. The molecule has 90 valence electrons. The Morgan fingerprint density at radius 3 is 2.76 bits per heavy atom. The van der Waals surface area contributed by atoms with Crippen molar-refractivity contribution in [3.05, 3.63) is 43.0 Å². The van der Waals surface area contributed by atoms with Crippen LogP contribution in [0.2, 0.25) is 9.49 Å². The van der Waals surface area contributed by atoms with Gasteiger partial charge in [-0.1, -0.05) is 23.2 Å². The lowest BCUT2D eigenvalue weighted by molar-refractivity contribution is 0.621. The van der Waals surface area contributed by atoms with E-state index in [1.807, 2.05) is 0 Å². The van der Waals surface area contributed by atoms with Gasteiger partial charge in [0.05, 0.1) is 16.0 Å². The normalized spacial score (nSPS) is 10.6. The zero-order valence-electron chi connectivity index (χ0n) is 8.31. The van der Waals surface area contributed by atoms with E-state index in [1.54, 1.807) is 12.3 Å². The lowest BCUT2D eigenvalue weighted by Gasteiger charge is -2.06. The maximum absolute atomic E-state index is 13.4. The van der Waals surface area contributed by atoms with Crippen molar-refractivity contribution in [3.8, 4) is 0 Å². The molecule has 1 N–H and O–H groups in total. The van der Waals surface area contributed by atoms with Crippen molar-refractivity contribution in [2.75, 3.05) is 5.32 Å². The molecule has 0 atom stereocenters. The van der Waals surface area contributed by atoms with E-state index in [4.69, 9.17) is 23.2 Å². The molecular weight excluding hydrogens is 350 g/mol. The fraction of sp³-hybridized carbons (Fsp3) is 0.100. The van der Waals surface area contributed by atoms with Gasteiger partial charge >= 0.3 is 0 Å². The Morgan fingerprint density at radius 1 is 1.41 bits per heavy atom. The molecule has 0 aliphatic carbocycles. The molecule has 0 spiro atoms. The summed E-state index contributed by atoms with van der Waals surface area (Å²) in [6, 6.07) is 3.02. The number of benzene rings is 1. The summed E-state index contributed by atoms with van der Waals surface area (Å²) in [6.45, 7) is 0.530. The molecule has 2 rings (SSSR count). The highest BCUT2D eigenvalue weighted by atomic mass is 79.9. The van der Waals surface area contributed by atoms with Crippen LogP contribution in [0.15, 0.2) is 22.8 Å². The number of anilines is 1. The van der Waals surface area contributed by atoms with Gasteiger partial charge in [0.1, 0.15) is 5.82 Å². The van der Waals surface area contributed by atoms with Crippen molar-refractivity contribution in [2.24, 2.45) is 0 Å². The third-order valence-corrected chi connectivity index (χ3v) is 4.42. The van der Waals surface area contributed by atoms with Gasteiger partial charge in [-0.2, -0.15) is 0 Å². The Morgan fingerprint density at radius 2 is 2.18 bits per heavy atom. The second-order valence-corrected chi connectivity index (χ2v) is 6.08. The maximum Gasteiger partial charge on any atom is 0.183 e. The van der Waals surface area contributed by atoms with Crippen molar-refractivity contribution in [2.45, 2.75) is 6.54 Å². The summed E-state index contributed by atoms with van der Waals surface area (Å²) in [4.78, 5) is 4.88. The quantitative estimate of drug-likeness (QED) is 0.786. The third-order valence-electron chi connectivity index (χ3n) is 1.98. The largest absolute Gasteiger partial charge is 0.380 e. The number of hydrogen-bond acceptors (Lipinski definition) is 3. The molecule has 2 aromatic rings. The van der Waals surface area contributed by atoms with Crippen LogP contribution in [-0.4, -0.2) is 4.98 Å². The van der Waals surface area contributed by atoms with E-state index >= 15 is 0 Å². The van der Waals surface area contributed by atoms with Crippen LogP contribution in [-0.2, 0) is 6.54 Å². The summed E-state index contributed by atoms with van der Waals surface area (Å²) in [5, 5.41) is 3.38. The van der Waals surface area contributed by atoms with Crippen LogP contribution in [0.5, 0.6) is 0 Å². The van der Waals surface area contributed by atoms with Gasteiger partial charge in [-0.05, 0) is 28.1 Å². The molecule has 2 nitrogen and oxygen atoms in total. The second-order valence-electron chi connectivity index (χ2n) is 3.19. The Bertz CT molecular complexity index is 524. The first-order valence-corrected chi connectivity index (χ1v) is 6.91. The summed E-state index contributed by atoms with van der Waals surface area (Å²) in [6.07, 6.45) is 1.68. The molecule has 0 amide bonds. The van der Waals surface area contributed by atoms with E-state index in [2.05, 4.69) is 26.2 Å². The summed E-state index contributed by atoms with van der Waals surface area (Å²) in [5.41, 5.74) is 0.611. The van der Waals surface area contributed by atoms with Gasteiger partial charge < -0.3 is 5.32 Å². The highest BCUT2D eigenvalue weighted by molar-refractivity contribution is 9.10. The minimum absolute atomic E-state index is 0.269. The zero-order valence-corrected chi connectivity index (χ0v) is 12.2. The predicted molar refractivity (Wildman–Crippen MR) is 73.6 cm³/mol. The van der Waals surface area contributed by atoms with E-state index in [9.17, 15) is 4.39 Å². The molecule has 1 heterocycles. The van der Waals surface area contributed by atoms with E-state index in [0.717, 1.165) is 4.88 Å². The molecule has 0 saturated heterocycles. The van der Waals surface area contributed by atoms with Crippen LogP contribution in [0.3, 0.4) is 0 Å². The lowest BCUT2D eigenvalue weighted by Crippen LogP contribution is -1.98. The molecule has 17 heavy (non-hydrogen) atoms. The van der Waals surface area contributed by atoms with Gasteiger partial charge in [-0.3, -0.25) is 0 Å². The van der Waals surface area contributed by atoms with Crippen molar-refractivity contribution in [1.29, 1.82) is 0 Å². The molecule has 0 aliphatic heterocycles. The number of aromatic nitrogens is 1. The summed E-state index contributed by atoms with van der Waals surface area (Å²) in [5.74, 6) is -0.401. The fourth-order valence-electron chi connectivity index (χ4n) is 1.21. The molecule has 1 aromatic carbocycles. The molecule has 7 heteroatoms. The van der Waals surface area contributed by atoms with E-state index in [0.29, 0.717) is 21.7 Å². The first-order chi connectivity index (χ1) is 8.06. The molecular formula is C10H6BrCl2FN2S. The molecule has 1 aromatic heterocycles. The first kappa shape index (κ1) is 13.1. The summed E-state index contributed by atoms with van der Waals surface area (Å²) >= 11 is 16.0. The van der Waals surface area contributed by atoms with Gasteiger partial charge in [-0.25, -0.2) is 9.37 Å². The van der Waals surface area contributed by atoms with Crippen molar-refractivity contribution < 1.29 is 4.39 Å². The van der Waals surface area contributed by atoms with Gasteiger partial charge in [0, 0.05) is 16.8 Å². The van der Waals surface area contributed by atoms with E-state index in [1.165, 1.54) is 17.4 Å². The van der Waals surface area contributed by atoms with Crippen LogP contribution in [0.1, 0.15) is 4.88 Å². The second kappa shape index (κ2) is 5.52. The number of thiazole rings is 1. The van der Waals surface area contributed by atoms with Crippen LogP contribution < -0.4 is 5.32 Å². The molecule has 0 unspecified atom stereocenters. The predicted octanol–water partition coefficient (Wildman–Crippen LogP) is 4.96. The van der Waals surface area contributed by atoms with E-state index in [-0.39, 0.29) is 4.47 Å². The van der Waals surface area contributed by atoms with E-state index < -0.39 is 5.82 Å². The SMILES string of the molecule is Fc1cc(NCc2cnc(Cl)s2)cc(Cl)c1Br. The molecule has 0 saturated carbocycles. The molecule has 0 fully saturated rings. The third kappa shape index (κ3) is 3.31. The Hall–Kier alpha value is -0.360. The average molecular weight is 356 g/mol. The fourth-order valence-corrected chi connectivity index (χ4v) is 2.57. The van der Waals surface area contributed by atoms with Crippen molar-refractivity contribution in [1.82, 2.24) is 4.98 Å². The van der Waals surface area contributed by atoms with Crippen LogP contribution >= 0.6 is 50.5 Å². The van der Waals surface area contributed by atoms with Crippen molar-refractivity contribution in [3.63, 3.8) is 0 Å². The average Bonchev–Trinajstić information content (AvgIpc) is 2.69. The Kier molecular flexibility index (Phi) is 4.25. The zero-order chi connectivity index (χ0) is 12.4. The standard InChI is InChI=1S/C10H6BrCl2FN2S/c11-9-7(12)1-5(2-8(9)14)15-3-6-4-16-10(13)17-6/h1-2,4,15H,3H2. The highest BCUT2D eigenvalue weighted by Crippen LogP contribution is 2.29. The van der Waals surface area contributed by atoms with Crippen LogP contribution in [0, 0.1) is 5.82 Å². The first-order valence-electron chi connectivity index (χ1n) is 4.55. The van der Waals surface area contributed by atoms with Gasteiger partial charge in [0.2, 0.25) is 0 Å². The number of nitrogens with zero attached hydrogens (tertiary/aromatic N) is 1. The summed E-state index contributed by atoms with van der Waals surface area (Å²) in [7, 11) is 0. The topological polar surface area (TPSA) is 24.9 Å². The molecule has 0 radical (unpaired) electrons. The minimum Gasteiger partial charge on any atom is -0.380 e. The Labute approximate surface area is 120 Å². The number of rotatable bonds is 3. The van der Waals surface area contributed by atoms with Crippen molar-refractivity contribution >= 4 is 56.2 Å². The van der Waals surface area contributed by atoms with Crippen LogP contribution in [0.4, 0.5) is 10.1 Å². The highest BCUT2D eigenvalue weighted by Gasteiger charge is 2.07. The van der Waals surface area contributed by atoms with Crippen LogP contribution in [0.25, 0.3) is 0 Å². The lowest BCUT2D eigenvalue weighted by atomic mass is 10.3. The number of hydrogen-bond donors (Lipinski definition) is 1. The molecule has 0 bridgehead atoms. The summed E-state index contributed by atoms with van der Waals surface area (Å²) < 4.78 is 14.1. The smallest absolute Gasteiger partial charge is 0.183 e. The minimum atomic E-state index is -0.401. The van der Waals surface area contributed by atoms with Gasteiger partial charge in [-0.15, -0.1) is 11.3 Å². The maximum atomic E-state index is 13.4.